The maximum atomic E-state index is 13.6. The van der Waals surface area contributed by atoms with Crippen LogP contribution in [0.3, 0.4) is 0 Å². The second-order valence-electron chi connectivity index (χ2n) is 7.17. The van der Waals surface area contributed by atoms with Gasteiger partial charge in [-0.2, -0.15) is 0 Å². The van der Waals surface area contributed by atoms with Gasteiger partial charge >= 0.3 is 0 Å². The first-order valence-electron chi connectivity index (χ1n) is 9.29. The van der Waals surface area contributed by atoms with E-state index in [-0.39, 0.29) is 17.6 Å². The number of nitrogens with one attached hydrogen (secondary N) is 1. The van der Waals surface area contributed by atoms with Crippen LogP contribution in [0.1, 0.15) is 16.4 Å². The molecule has 2 N–H and O–H groups in total. The van der Waals surface area contributed by atoms with E-state index in [4.69, 9.17) is 17.0 Å². The van der Waals surface area contributed by atoms with E-state index < -0.39 is 17.1 Å². The summed E-state index contributed by atoms with van der Waals surface area (Å²) in [5.41, 5.74) is 1.28. The van der Waals surface area contributed by atoms with Crippen LogP contribution in [0.25, 0.3) is 0 Å². The Labute approximate surface area is 199 Å². The van der Waals surface area contributed by atoms with Gasteiger partial charge in [-0.1, -0.05) is 33.8 Å². The Morgan fingerprint density at radius 1 is 1.16 bits per heavy atom. The molecule has 3 atom stereocenters. The van der Waals surface area contributed by atoms with Crippen molar-refractivity contribution < 1.29 is 19.4 Å². The Hall–Kier alpha value is -2.14. The van der Waals surface area contributed by atoms with Gasteiger partial charge in [-0.25, -0.2) is 4.90 Å². The molecule has 0 unspecified atom stereocenters. The minimum absolute atomic E-state index is 0.0167. The van der Waals surface area contributed by atoms with E-state index in [1.807, 2.05) is 6.07 Å². The molecule has 1 fully saturated rings. The molecule has 5 rings (SSSR count). The van der Waals surface area contributed by atoms with Gasteiger partial charge in [-0.3, -0.25) is 9.59 Å². The maximum absolute atomic E-state index is 13.6. The van der Waals surface area contributed by atoms with Crippen LogP contribution in [-0.4, -0.2) is 34.3 Å². The van der Waals surface area contributed by atoms with Crippen LogP contribution in [0.2, 0.25) is 0 Å². The Balaban J connectivity index is 1.65. The number of amides is 2. The van der Waals surface area contributed by atoms with Gasteiger partial charge in [0.25, 0.3) is 0 Å². The Kier molecular flexibility index (Phi) is 5.20. The molecule has 10 heteroatoms. The van der Waals surface area contributed by atoms with Crippen molar-refractivity contribution in [1.82, 2.24) is 4.98 Å². The number of imide groups is 1. The molecule has 2 aliphatic heterocycles. The smallest absolute Gasteiger partial charge is 0.248 e. The zero-order valence-corrected chi connectivity index (χ0v) is 20.0. The van der Waals surface area contributed by atoms with Crippen LogP contribution in [0.15, 0.2) is 52.0 Å². The molecule has 1 saturated heterocycles. The Morgan fingerprint density at radius 2 is 1.90 bits per heavy atom. The van der Waals surface area contributed by atoms with Gasteiger partial charge in [-0.05, 0) is 54.2 Å². The summed E-state index contributed by atoms with van der Waals surface area (Å²) in [6.45, 7) is 0. The molecule has 0 aliphatic carbocycles. The van der Waals surface area contributed by atoms with E-state index in [1.165, 1.54) is 35.1 Å². The minimum Gasteiger partial charge on any atom is -0.504 e. The first-order chi connectivity index (χ1) is 14.9. The molecular formula is C21H15BrN2O4S3. The molecule has 3 aromatic rings. The zero-order valence-electron chi connectivity index (χ0n) is 16.0. The number of nitrogens with zero attached hydrogens (tertiary/aromatic N) is 1. The number of carbonyl (C=O) groups excluding carboxylic acids is 2. The summed E-state index contributed by atoms with van der Waals surface area (Å²) in [4.78, 5) is 32.3. The first-order valence-corrected chi connectivity index (χ1v) is 12.2. The van der Waals surface area contributed by atoms with E-state index in [9.17, 15) is 14.7 Å². The average molecular weight is 535 g/mol. The second kappa shape index (κ2) is 7.77. The number of anilines is 1. The minimum atomic E-state index is -0.608. The third-order valence-corrected chi connectivity index (χ3v) is 8.75. The molecule has 1 aromatic heterocycles. The Morgan fingerprint density at radius 3 is 2.58 bits per heavy atom. The van der Waals surface area contributed by atoms with Gasteiger partial charge in [0.15, 0.2) is 15.5 Å². The predicted octanol–water partition coefficient (Wildman–Crippen LogP) is 5.08. The van der Waals surface area contributed by atoms with Gasteiger partial charge in [0.2, 0.25) is 11.8 Å². The fourth-order valence-electron chi connectivity index (χ4n) is 4.12. The number of fused-ring (bicyclic) bond motifs is 2. The number of carbonyl (C=O) groups is 2. The fourth-order valence-corrected chi connectivity index (χ4v) is 7.35. The van der Waals surface area contributed by atoms with E-state index in [1.54, 1.807) is 36.4 Å². The van der Waals surface area contributed by atoms with E-state index in [0.717, 1.165) is 19.9 Å². The van der Waals surface area contributed by atoms with Crippen LogP contribution in [0, 0.1) is 9.87 Å². The number of hydrogen-bond donors (Lipinski definition) is 2. The highest BCUT2D eigenvalue weighted by Crippen LogP contribution is 2.54. The van der Waals surface area contributed by atoms with Crippen LogP contribution in [0.4, 0.5) is 5.69 Å². The number of ether oxygens (including phenoxy) is 1. The molecule has 31 heavy (non-hydrogen) atoms. The summed E-state index contributed by atoms with van der Waals surface area (Å²) in [5.74, 6) is -1.19. The Bertz CT molecular complexity index is 1270. The standard InChI is InChI=1S/C21H15BrN2O4S3/c1-28-13-7-2-9(8-12(13)25)14-15-17(30-18-16(14)31-21(29)23-18)20(27)24(19(15)26)11-5-3-10(22)4-6-11/h2-8,14-15,17,25H,1H3,(H,23,29)/t14-,15+,17+/m0/s1. The molecule has 0 bridgehead atoms. The van der Waals surface area contributed by atoms with Gasteiger partial charge < -0.3 is 14.8 Å². The maximum Gasteiger partial charge on any atom is 0.248 e. The number of benzene rings is 2. The number of phenols is 1. The summed E-state index contributed by atoms with van der Waals surface area (Å²) < 4.78 is 6.61. The van der Waals surface area contributed by atoms with E-state index in [0.29, 0.717) is 15.4 Å². The number of hydrogen-bond acceptors (Lipinski definition) is 7. The molecule has 158 valence electrons. The molecule has 0 spiro atoms. The predicted molar refractivity (Wildman–Crippen MR) is 126 cm³/mol. The third-order valence-electron chi connectivity index (χ3n) is 5.47. The number of phenolic OH excluding ortho intramolecular Hbond substituents is 1. The largest absolute Gasteiger partial charge is 0.504 e. The highest BCUT2D eigenvalue weighted by molar-refractivity contribution is 9.10. The van der Waals surface area contributed by atoms with Crippen LogP contribution < -0.4 is 9.64 Å². The van der Waals surface area contributed by atoms with Crippen molar-refractivity contribution in [3.8, 4) is 11.5 Å². The molecule has 2 amide bonds. The van der Waals surface area contributed by atoms with Gasteiger partial charge in [-0.15, -0.1) is 11.3 Å². The van der Waals surface area contributed by atoms with Crippen molar-refractivity contribution in [3.05, 3.63) is 61.3 Å². The molecule has 2 aliphatic rings. The van der Waals surface area contributed by atoms with Crippen molar-refractivity contribution in [2.45, 2.75) is 16.2 Å². The van der Waals surface area contributed by atoms with Crippen LogP contribution in [-0.2, 0) is 9.59 Å². The van der Waals surface area contributed by atoms with Crippen LogP contribution >= 0.6 is 51.2 Å². The second-order valence-corrected chi connectivity index (χ2v) is 11.0. The summed E-state index contributed by atoms with van der Waals surface area (Å²) in [7, 11) is 1.48. The lowest BCUT2D eigenvalue weighted by Gasteiger charge is -2.30. The molecule has 2 aromatic carbocycles. The first kappa shape index (κ1) is 20.7. The average Bonchev–Trinajstić information content (AvgIpc) is 3.23. The molecule has 3 heterocycles. The highest BCUT2D eigenvalue weighted by atomic mass is 79.9. The topological polar surface area (TPSA) is 82.6 Å². The van der Waals surface area contributed by atoms with E-state index in [2.05, 4.69) is 20.9 Å². The third kappa shape index (κ3) is 3.32. The number of thioether (sulfide) groups is 1. The number of thiazole rings is 1. The number of H-pyrrole nitrogens is 1. The fraction of sp³-hybridized carbons (Fsp3) is 0.190. The zero-order chi connectivity index (χ0) is 21.9. The van der Waals surface area contributed by atoms with Crippen molar-refractivity contribution in [3.63, 3.8) is 0 Å². The highest BCUT2D eigenvalue weighted by Gasteiger charge is 2.56. The summed E-state index contributed by atoms with van der Waals surface area (Å²) in [6, 6.07) is 12.2. The number of aromatic nitrogens is 1. The van der Waals surface area contributed by atoms with Crippen molar-refractivity contribution in [1.29, 1.82) is 0 Å². The summed E-state index contributed by atoms with van der Waals surface area (Å²) >= 11 is 11.5. The monoisotopic (exact) mass is 534 g/mol. The SMILES string of the molecule is COc1ccc([C@@H]2c3sc(=S)[nH]c3S[C@H]3C(=O)N(c4ccc(Br)cc4)C(=O)[C@H]23)cc1O. The van der Waals surface area contributed by atoms with Gasteiger partial charge in [0, 0.05) is 15.3 Å². The van der Waals surface area contributed by atoms with Gasteiger partial charge in [0.05, 0.1) is 23.7 Å². The number of aromatic amines is 1. The van der Waals surface area contributed by atoms with Crippen LogP contribution in [0.5, 0.6) is 11.5 Å². The molecule has 0 radical (unpaired) electrons. The number of aromatic hydroxyl groups is 1. The van der Waals surface area contributed by atoms with Crippen molar-refractivity contribution in [2.75, 3.05) is 12.0 Å². The molecule has 0 saturated carbocycles. The number of methoxy groups -OCH3 is 1. The number of rotatable bonds is 3. The lowest BCUT2D eigenvalue weighted by atomic mass is 9.83. The number of halogens is 1. The lowest BCUT2D eigenvalue weighted by Crippen LogP contribution is -2.32. The van der Waals surface area contributed by atoms with E-state index >= 15 is 0 Å². The summed E-state index contributed by atoms with van der Waals surface area (Å²) in [5, 5.41) is 10.6. The molecular weight excluding hydrogens is 520 g/mol. The lowest BCUT2D eigenvalue weighted by molar-refractivity contribution is -0.122. The van der Waals surface area contributed by atoms with Crippen molar-refractivity contribution >= 4 is 68.7 Å². The molecule has 6 nitrogen and oxygen atoms in total. The van der Waals surface area contributed by atoms with Gasteiger partial charge in [0.1, 0.15) is 5.25 Å². The van der Waals surface area contributed by atoms with Crippen molar-refractivity contribution in [2.24, 2.45) is 5.92 Å². The quantitative estimate of drug-likeness (QED) is 0.360. The normalized spacial score (nSPS) is 22.4. The summed E-state index contributed by atoms with van der Waals surface area (Å²) in [6.07, 6.45) is 0.